The van der Waals surface area contributed by atoms with Gasteiger partial charge in [-0.25, -0.2) is 0 Å². The molecule has 1 aromatic carbocycles. The van der Waals surface area contributed by atoms with Crippen LogP contribution < -0.4 is 14.8 Å². The molecule has 6 heteroatoms. The largest absolute Gasteiger partial charge is 0.486 e. The molecule has 1 aromatic rings. The minimum Gasteiger partial charge on any atom is -0.486 e. The second kappa shape index (κ2) is 8.32. The Morgan fingerprint density at radius 1 is 1.03 bits per heavy atom. The van der Waals surface area contributed by atoms with Crippen LogP contribution in [0.2, 0.25) is 0 Å². The van der Waals surface area contributed by atoms with Crippen LogP contribution in [0.3, 0.4) is 0 Å². The number of anilines is 1. The van der Waals surface area contributed by atoms with Gasteiger partial charge in [0.05, 0.1) is 0 Å². The Morgan fingerprint density at radius 3 is 2.57 bits per heavy atom. The number of ether oxygens (including phenoxy) is 2. The van der Waals surface area contributed by atoms with E-state index in [0.29, 0.717) is 49.0 Å². The summed E-state index contributed by atoms with van der Waals surface area (Å²) in [6.07, 6.45) is 10.1. The van der Waals surface area contributed by atoms with Crippen LogP contribution in [-0.2, 0) is 9.59 Å². The van der Waals surface area contributed by atoms with Gasteiger partial charge >= 0.3 is 0 Å². The number of allylic oxidation sites excluding steroid dienone is 2. The average molecular weight is 411 g/mol. The summed E-state index contributed by atoms with van der Waals surface area (Å²) in [5, 5.41) is 2.97. The van der Waals surface area contributed by atoms with Crippen LogP contribution in [0, 0.1) is 23.7 Å². The van der Waals surface area contributed by atoms with Crippen molar-refractivity contribution in [3.8, 4) is 11.5 Å². The highest BCUT2D eigenvalue weighted by Crippen LogP contribution is 2.44. The molecule has 0 unspecified atom stereocenters. The van der Waals surface area contributed by atoms with Crippen molar-refractivity contribution in [3.63, 3.8) is 0 Å². The molecule has 2 fully saturated rings. The first kappa shape index (κ1) is 19.5. The second-order valence-electron chi connectivity index (χ2n) is 9.10. The first-order chi connectivity index (χ1) is 14.7. The van der Waals surface area contributed by atoms with Crippen LogP contribution in [0.25, 0.3) is 0 Å². The highest BCUT2D eigenvalue weighted by molar-refractivity contribution is 5.91. The molecule has 1 saturated heterocycles. The molecule has 1 N–H and O–H groups in total. The van der Waals surface area contributed by atoms with Crippen LogP contribution in [-0.4, -0.2) is 43.0 Å². The highest BCUT2D eigenvalue weighted by Gasteiger charge is 2.41. The first-order valence-electron chi connectivity index (χ1n) is 11.3. The van der Waals surface area contributed by atoms with Crippen molar-refractivity contribution in [1.29, 1.82) is 0 Å². The van der Waals surface area contributed by atoms with Gasteiger partial charge in [0.25, 0.3) is 0 Å². The van der Waals surface area contributed by atoms with Gasteiger partial charge in [0.1, 0.15) is 13.2 Å². The van der Waals surface area contributed by atoms with Crippen molar-refractivity contribution in [2.24, 2.45) is 23.7 Å². The molecule has 1 saturated carbocycles. The number of rotatable bonds is 5. The van der Waals surface area contributed by atoms with Crippen LogP contribution in [0.1, 0.15) is 38.5 Å². The number of fused-ring (bicyclic) bond motifs is 3. The van der Waals surface area contributed by atoms with Gasteiger partial charge in [-0.2, -0.15) is 0 Å². The third kappa shape index (κ3) is 4.05. The minimum atomic E-state index is 0.0268. The van der Waals surface area contributed by atoms with Gasteiger partial charge in [-0.1, -0.05) is 12.2 Å². The molecule has 2 heterocycles. The van der Waals surface area contributed by atoms with Crippen molar-refractivity contribution >= 4 is 17.5 Å². The van der Waals surface area contributed by atoms with Gasteiger partial charge in [0.15, 0.2) is 11.5 Å². The zero-order chi connectivity index (χ0) is 20.5. The molecule has 5 rings (SSSR count). The smallest absolute Gasteiger partial charge is 0.226 e. The molecule has 6 nitrogen and oxygen atoms in total. The van der Waals surface area contributed by atoms with Gasteiger partial charge in [-0.05, 0) is 62.0 Å². The number of nitrogens with zero attached hydrogens (tertiary/aromatic N) is 1. The lowest BCUT2D eigenvalue weighted by Crippen LogP contribution is -2.42. The molecule has 2 bridgehead atoms. The maximum absolute atomic E-state index is 12.9. The Hall–Kier alpha value is -2.50. The predicted octanol–water partition coefficient (Wildman–Crippen LogP) is 3.63. The first-order valence-corrected chi connectivity index (χ1v) is 11.3. The number of piperidine rings is 1. The van der Waals surface area contributed by atoms with Gasteiger partial charge in [0, 0.05) is 37.2 Å². The van der Waals surface area contributed by atoms with Crippen molar-refractivity contribution in [2.45, 2.75) is 38.5 Å². The number of hydrogen-bond acceptors (Lipinski definition) is 4. The number of hydrogen-bond donors (Lipinski definition) is 1. The van der Waals surface area contributed by atoms with Gasteiger partial charge < -0.3 is 19.7 Å². The molecule has 4 aliphatic rings. The molecule has 2 aliphatic heterocycles. The maximum Gasteiger partial charge on any atom is 0.226 e. The Balaban J connectivity index is 1.05. The van der Waals surface area contributed by atoms with E-state index in [-0.39, 0.29) is 11.8 Å². The molecule has 3 atom stereocenters. The van der Waals surface area contributed by atoms with E-state index in [1.54, 1.807) is 0 Å². The van der Waals surface area contributed by atoms with Crippen molar-refractivity contribution in [1.82, 2.24) is 4.90 Å². The van der Waals surface area contributed by atoms with Crippen molar-refractivity contribution < 1.29 is 19.1 Å². The molecule has 30 heavy (non-hydrogen) atoms. The summed E-state index contributed by atoms with van der Waals surface area (Å²) in [4.78, 5) is 27.3. The molecule has 2 aliphatic carbocycles. The number of likely N-dealkylation sites (tertiary alicyclic amines) is 1. The second-order valence-corrected chi connectivity index (χ2v) is 9.10. The highest BCUT2D eigenvalue weighted by atomic mass is 16.6. The lowest BCUT2D eigenvalue weighted by atomic mass is 9.88. The van der Waals surface area contributed by atoms with E-state index in [9.17, 15) is 9.59 Å². The zero-order valence-corrected chi connectivity index (χ0v) is 17.3. The zero-order valence-electron chi connectivity index (χ0n) is 17.3. The third-order valence-corrected chi connectivity index (χ3v) is 7.13. The topological polar surface area (TPSA) is 67.9 Å². The Morgan fingerprint density at radius 2 is 1.83 bits per heavy atom. The Labute approximate surface area is 177 Å². The van der Waals surface area contributed by atoms with Crippen molar-refractivity contribution in [3.05, 3.63) is 30.4 Å². The number of carbonyl (C=O) groups excluding carboxylic acids is 2. The molecule has 160 valence electrons. The minimum absolute atomic E-state index is 0.0268. The molecular weight excluding hydrogens is 380 g/mol. The van der Waals surface area contributed by atoms with E-state index in [1.165, 1.54) is 6.42 Å². The van der Waals surface area contributed by atoms with E-state index >= 15 is 0 Å². The molecule has 0 aromatic heterocycles. The van der Waals surface area contributed by atoms with Crippen LogP contribution >= 0.6 is 0 Å². The number of carbonyl (C=O) groups is 2. The summed E-state index contributed by atoms with van der Waals surface area (Å²) < 4.78 is 11.1. The fraction of sp³-hybridized carbons (Fsp3) is 0.583. The average Bonchev–Trinajstić information content (AvgIpc) is 3.41. The molecule has 0 spiro atoms. The third-order valence-electron chi connectivity index (χ3n) is 7.13. The predicted molar refractivity (Wildman–Crippen MR) is 113 cm³/mol. The summed E-state index contributed by atoms with van der Waals surface area (Å²) >= 11 is 0. The fourth-order valence-corrected chi connectivity index (χ4v) is 5.42. The summed E-state index contributed by atoms with van der Waals surface area (Å²) in [6.45, 7) is 2.77. The standard InChI is InChI=1S/C24H30N2O4/c27-23(25-19-4-5-21-22(15-19)30-12-11-29-21)6-2-16-7-9-26(10-8-16)24(28)20-14-17-1-3-18(20)13-17/h1,3-5,15-18,20H,2,6-14H2,(H,25,27)/t17-,18+,20-/m1/s1. The molecular formula is C24H30N2O4. The quantitative estimate of drug-likeness (QED) is 0.753. The summed E-state index contributed by atoms with van der Waals surface area (Å²) in [7, 11) is 0. The monoisotopic (exact) mass is 410 g/mol. The van der Waals surface area contributed by atoms with E-state index in [4.69, 9.17) is 9.47 Å². The van der Waals surface area contributed by atoms with Crippen LogP contribution in [0.4, 0.5) is 5.69 Å². The molecule has 0 radical (unpaired) electrons. The summed E-state index contributed by atoms with van der Waals surface area (Å²) in [5.74, 6) is 3.64. The van der Waals surface area contributed by atoms with E-state index in [2.05, 4.69) is 22.4 Å². The lowest BCUT2D eigenvalue weighted by Gasteiger charge is -2.34. The SMILES string of the molecule is O=C(CCC1CCN(C(=O)[C@@H]2C[C@@H]3C=C[C@H]2C3)CC1)Nc1ccc2c(c1)OCCO2. The number of benzene rings is 1. The summed E-state index contributed by atoms with van der Waals surface area (Å²) in [6, 6.07) is 5.50. The van der Waals surface area contributed by atoms with Crippen molar-refractivity contribution in [2.75, 3.05) is 31.6 Å². The van der Waals surface area contributed by atoms with E-state index < -0.39 is 0 Å². The van der Waals surface area contributed by atoms with Gasteiger partial charge in [-0.3, -0.25) is 9.59 Å². The van der Waals surface area contributed by atoms with Crippen LogP contribution in [0.5, 0.6) is 11.5 Å². The van der Waals surface area contributed by atoms with Gasteiger partial charge in [-0.15, -0.1) is 0 Å². The Bertz CT molecular complexity index is 844. The normalized spacial score (nSPS) is 27.3. The summed E-state index contributed by atoms with van der Waals surface area (Å²) in [5.41, 5.74) is 0.740. The van der Waals surface area contributed by atoms with Crippen LogP contribution in [0.15, 0.2) is 30.4 Å². The lowest BCUT2D eigenvalue weighted by molar-refractivity contribution is -0.138. The Kier molecular flexibility index (Phi) is 5.40. The van der Waals surface area contributed by atoms with E-state index in [0.717, 1.165) is 50.2 Å². The van der Waals surface area contributed by atoms with Gasteiger partial charge in [0.2, 0.25) is 11.8 Å². The number of amides is 2. The number of nitrogens with one attached hydrogen (secondary N) is 1. The molecule has 2 amide bonds. The maximum atomic E-state index is 12.9. The fourth-order valence-electron chi connectivity index (χ4n) is 5.42. The van der Waals surface area contributed by atoms with E-state index in [1.807, 2.05) is 18.2 Å².